The van der Waals surface area contributed by atoms with Gasteiger partial charge in [-0.15, -0.1) is 5.10 Å². The molecule has 0 bridgehead atoms. The number of nitrogens with one attached hydrogen (secondary N) is 1. The average Bonchev–Trinajstić information content (AvgIpc) is 3.07. The molecule has 38 heavy (non-hydrogen) atoms. The average molecular weight is 544 g/mol. The quantitative estimate of drug-likeness (QED) is 0.434. The predicted molar refractivity (Wildman–Crippen MR) is 144 cm³/mol. The van der Waals surface area contributed by atoms with Gasteiger partial charge in [-0.25, -0.2) is 17.9 Å². The van der Waals surface area contributed by atoms with Crippen molar-refractivity contribution >= 4 is 15.5 Å². The maximum atomic E-state index is 13.7. The van der Waals surface area contributed by atoms with Crippen LogP contribution in [-0.2, 0) is 10.0 Å². The van der Waals surface area contributed by atoms with E-state index in [1.165, 1.54) is 29.3 Å². The molecule has 1 saturated carbocycles. The van der Waals surface area contributed by atoms with Crippen LogP contribution in [-0.4, -0.2) is 63.2 Å². The molecule has 11 heteroatoms. The molecular formula is C27H37N5O5S. The SMILES string of the molecule is CCOc1ccc(S(=O)(=O)N2CCCCC2CO)cc1-c1nn2c(C3CCCCCC3)nc(C)c2c(=O)[nH]1. The lowest BCUT2D eigenvalue weighted by Gasteiger charge is -2.33. The molecular weight excluding hydrogens is 506 g/mol. The van der Waals surface area contributed by atoms with E-state index in [0.717, 1.165) is 44.3 Å². The first kappa shape index (κ1) is 26.8. The normalized spacial score (nSPS) is 20.0. The first-order chi connectivity index (χ1) is 18.3. The molecule has 0 amide bonds. The van der Waals surface area contributed by atoms with E-state index < -0.39 is 16.1 Å². The molecule has 0 spiro atoms. The van der Waals surface area contributed by atoms with Crippen LogP contribution in [0, 0.1) is 6.92 Å². The van der Waals surface area contributed by atoms with Crippen molar-refractivity contribution in [2.24, 2.45) is 0 Å². The molecule has 3 aromatic rings. The number of aliphatic hydroxyl groups is 1. The Balaban J connectivity index is 1.64. The van der Waals surface area contributed by atoms with Crippen molar-refractivity contribution < 1.29 is 18.3 Å². The summed E-state index contributed by atoms with van der Waals surface area (Å²) in [6, 6.07) is 4.19. The van der Waals surface area contributed by atoms with Crippen molar-refractivity contribution in [2.45, 2.75) is 88.5 Å². The molecule has 10 nitrogen and oxygen atoms in total. The molecule has 1 saturated heterocycles. The number of hydrogen-bond acceptors (Lipinski definition) is 7. The van der Waals surface area contributed by atoms with Crippen LogP contribution in [0.3, 0.4) is 0 Å². The van der Waals surface area contributed by atoms with Crippen LogP contribution in [0.5, 0.6) is 5.75 Å². The number of rotatable bonds is 7. The third-order valence-electron chi connectivity index (χ3n) is 7.82. The molecule has 1 aliphatic heterocycles. The van der Waals surface area contributed by atoms with E-state index in [1.54, 1.807) is 10.6 Å². The van der Waals surface area contributed by atoms with Gasteiger partial charge in [0.1, 0.15) is 11.6 Å². The number of aromatic nitrogens is 4. The van der Waals surface area contributed by atoms with Crippen molar-refractivity contribution in [2.75, 3.05) is 19.8 Å². The number of H-pyrrole nitrogens is 1. The molecule has 1 unspecified atom stereocenters. The largest absolute Gasteiger partial charge is 0.493 e. The Hall–Kier alpha value is -2.76. The van der Waals surface area contributed by atoms with Crippen LogP contribution >= 0.6 is 0 Å². The second-order valence-electron chi connectivity index (χ2n) is 10.3. The van der Waals surface area contributed by atoms with Gasteiger partial charge in [0.2, 0.25) is 10.0 Å². The molecule has 0 radical (unpaired) electrons. The van der Waals surface area contributed by atoms with Gasteiger partial charge in [0, 0.05) is 18.5 Å². The Morgan fingerprint density at radius 1 is 1.11 bits per heavy atom. The van der Waals surface area contributed by atoms with E-state index in [-0.39, 0.29) is 28.8 Å². The van der Waals surface area contributed by atoms with Crippen molar-refractivity contribution in [3.8, 4) is 17.1 Å². The molecule has 2 N–H and O–H groups in total. The standard InChI is InChI=1S/C27H37N5O5S/c1-3-37-23-14-13-21(38(35,36)31-15-9-8-12-20(31)17-33)16-22(23)25-29-27(34)24-18(2)28-26(32(24)30-25)19-10-6-4-5-7-11-19/h13-14,16,19-20,33H,3-12,15,17H2,1-2H3,(H,29,30,34). The highest BCUT2D eigenvalue weighted by molar-refractivity contribution is 7.89. The molecule has 1 aromatic carbocycles. The van der Waals surface area contributed by atoms with Gasteiger partial charge < -0.3 is 14.8 Å². The number of imidazole rings is 1. The summed E-state index contributed by atoms with van der Waals surface area (Å²) in [6.07, 6.45) is 8.89. The second-order valence-corrected chi connectivity index (χ2v) is 12.2. The fourth-order valence-electron chi connectivity index (χ4n) is 5.86. The minimum absolute atomic E-state index is 0.0739. The highest BCUT2D eigenvalue weighted by atomic mass is 32.2. The van der Waals surface area contributed by atoms with E-state index in [2.05, 4.69) is 4.98 Å². The van der Waals surface area contributed by atoms with Gasteiger partial charge in [0.25, 0.3) is 5.56 Å². The first-order valence-electron chi connectivity index (χ1n) is 13.7. The number of fused-ring (bicyclic) bond motifs is 1. The third kappa shape index (κ3) is 4.99. The summed E-state index contributed by atoms with van der Waals surface area (Å²) < 4.78 is 36.2. The summed E-state index contributed by atoms with van der Waals surface area (Å²) in [6.45, 7) is 4.16. The molecule has 2 aromatic heterocycles. The first-order valence-corrected chi connectivity index (χ1v) is 15.2. The number of aliphatic hydroxyl groups excluding tert-OH is 1. The van der Waals surface area contributed by atoms with E-state index in [1.807, 2.05) is 13.8 Å². The Bertz CT molecular complexity index is 1460. The summed E-state index contributed by atoms with van der Waals surface area (Å²) >= 11 is 0. The fourth-order valence-corrected chi connectivity index (χ4v) is 7.57. The van der Waals surface area contributed by atoms with Gasteiger partial charge in [-0.3, -0.25) is 4.79 Å². The Morgan fingerprint density at radius 2 is 1.84 bits per heavy atom. The van der Waals surface area contributed by atoms with Crippen molar-refractivity contribution in [3.63, 3.8) is 0 Å². The lowest BCUT2D eigenvalue weighted by molar-refractivity contribution is 0.155. The number of aromatic amines is 1. The van der Waals surface area contributed by atoms with E-state index in [0.29, 0.717) is 42.1 Å². The number of hydrogen-bond donors (Lipinski definition) is 2. The molecule has 206 valence electrons. The minimum Gasteiger partial charge on any atom is -0.493 e. The molecule has 5 rings (SSSR count). The van der Waals surface area contributed by atoms with Gasteiger partial charge in [-0.05, 0) is 57.7 Å². The van der Waals surface area contributed by atoms with Crippen LogP contribution < -0.4 is 10.3 Å². The van der Waals surface area contributed by atoms with Gasteiger partial charge in [0.05, 0.1) is 29.4 Å². The number of aryl methyl sites for hydroxylation is 1. The summed E-state index contributed by atoms with van der Waals surface area (Å²) in [7, 11) is -3.88. The minimum atomic E-state index is -3.88. The van der Waals surface area contributed by atoms with E-state index in [4.69, 9.17) is 14.8 Å². The predicted octanol–water partition coefficient (Wildman–Crippen LogP) is 3.77. The Morgan fingerprint density at radius 3 is 2.55 bits per heavy atom. The van der Waals surface area contributed by atoms with Gasteiger partial charge in [-0.2, -0.15) is 4.31 Å². The summed E-state index contributed by atoms with van der Waals surface area (Å²) in [5.41, 5.74) is 1.11. The maximum Gasteiger partial charge on any atom is 0.277 e. The van der Waals surface area contributed by atoms with E-state index in [9.17, 15) is 18.3 Å². The molecule has 2 fully saturated rings. The summed E-state index contributed by atoms with van der Waals surface area (Å²) in [5.74, 6) is 1.66. The zero-order valence-electron chi connectivity index (χ0n) is 22.1. The summed E-state index contributed by atoms with van der Waals surface area (Å²) in [4.78, 5) is 21.0. The zero-order chi connectivity index (χ0) is 26.9. The molecule has 1 aliphatic carbocycles. The number of piperidine rings is 1. The lowest BCUT2D eigenvalue weighted by Crippen LogP contribution is -2.45. The number of benzene rings is 1. The Labute approximate surface area is 223 Å². The van der Waals surface area contributed by atoms with Gasteiger partial charge >= 0.3 is 0 Å². The fraction of sp³-hybridized carbons (Fsp3) is 0.593. The van der Waals surface area contributed by atoms with Gasteiger partial charge in [-0.1, -0.05) is 32.1 Å². The van der Waals surface area contributed by atoms with Crippen LogP contribution in [0.4, 0.5) is 0 Å². The number of ether oxygens (including phenoxy) is 1. The van der Waals surface area contributed by atoms with Crippen LogP contribution in [0.2, 0.25) is 0 Å². The Kier molecular flexibility index (Phi) is 7.88. The lowest BCUT2D eigenvalue weighted by atomic mass is 10.00. The molecule has 3 heterocycles. The van der Waals surface area contributed by atoms with Gasteiger partial charge in [0.15, 0.2) is 11.3 Å². The monoisotopic (exact) mass is 543 g/mol. The summed E-state index contributed by atoms with van der Waals surface area (Å²) in [5, 5.41) is 14.6. The zero-order valence-corrected chi connectivity index (χ0v) is 23.0. The number of sulfonamides is 1. The topological polar surface area (TPSA) is 130 Å². The van der Waals surface area contributed by atoms with Crippen molar-refractivity contribution in [1.82, 2.24) is 23.9 Å². The molecule has 2 aliphatic rings. The van der Waals surface area contributed by atoms with E-state index >= 15 is 0 Å². The van der Waals surface area contributed by atoms with Crippen molar-refractivity contribution in [3.05, 3.63) is 40.1 Å². The van der Waals surface area contributed by atoms with Crippen molar-refractivity contribution in [1.29, 1.82) is 0 Å². The van der Waals surface area contributed by atoms with Crippen LogP contribution in [0.25, 0.3) is 16.9 Å². The number of nitrogens with zero attached hydrogens (tertiary/aromatic N) is 4. The third-order valence-corrected chi connectivity index (χ3v) is 9.77. The molecule has 1 atom stereocenters. The maximum absolute atomic E-state index is 13.7. The highest BCUT2D eigenvalue weighted by Gasteiger charge is 2.34. The smallest absolute Gasteiger partial charge is 0.277 e. The highest BCUT2D eigenvalue weighted by Crippen LogP contribution is 2.35. The van der Waals surface area contributed by atoms with Crippen LogP contribution in [0.1, 0.15) is 82.1 Å². The second kappa shape index (κ2) is 11.2. The van der Waals surface area contributed by atoms with Crippen LogP contribution in [0.15, 0.2) is 27.9 Å².